The van der Waals surface area contributed by atoms with E-state index in [0.29, 0.717) is 0 Å². The maximum absolute atomic E-state index is 7.75. The number of fused-ring (bicyclic) bond motifs is 2. The van der Waals surface area contributed by atoms with Gasteiger partial charge >= 0.3 is 17.4 Å². The van der Waals surface area contributed by atoms with Crippen molar-refractivity contribution in [3.8, 4) is 0 Å². The molecule has 0 atom stereocenters. The van der Waals surface area contributed by atoms with Gasteiger partial charge in [0.2, 0.25) is 0 Å². The van der Waals surface area contributed by atoms with Crippen molar-refractivity contribution in [2.24, 2.45) is 0 Å². The molecule has 4 heteroatoms. The van der Waals surface area contributed by atoms with E-state index in [0.717, 1.165) is 0 Å². The Balaban J connectivity index is 0. The van der Waals surface area contributed by atoms with Crippen molar-refractivity contribution in [2.45, 2.75) is 0 Å². The van der Waals surface area contributed by atoms with E-state index in [1.165, 1.54) is 21.5 Å². The topological polar surface area (TPSA) is 51.2 Å². The second kappa shape index (κ2) is 12.7. The summed E-state index contributed by atoms with van der Waals surface area (Å²) in [4.78, 5) is 23.2. The minimum Gasteiger partial charge on any atom is -0.545 e. The van der Waals surface area contributed by atoms with E-state index < -0.39 is 0 Å². The molecule has 104 valence electrons. The maximum atomic E-state index is 7.75. The average molecular weight is 316 g/mol. The molecule has 0 N–H and O–H groups in total. The number of rotatable bonds is 0. The van der Waals surface area contributed by atoms with Crippen LogP contribution < -0.4 is 0 Å². The first-order valence-corrected chi connectivity index (χ1v) is 5.43. The first-order valence-electron chi connectivity index (χ1n) is 5.43. The third kappa shape index (κ3) is 5.70. The Hall–Kier alpha value is -2.28. The monoisotopic (exact) mass is 316 g/mol. The molecule has 0 fully saturated rings. The van der Waals surface area contributed by atoms with Crippen LogP contribution in [0.15, 0.2) is 54.6 Å². The molecule has 3 nitrogen and oxygen atoms in total. The summed E-state index contributed by atoms with van der Waals surface area (Å²) in [7, 11) is 0. The number of benzene rings is 3. The van der Waals surface area contributed by atoms with Gasteiger partial charge in [0, 0.05) is 0 Å². The first-order chi connectivity index (χ1) is 9.93. The second-order valence-corrected chi connectivity index (χ2v) is 3.46. The smallest absolute Gasteiger partial charge is 0.545 e. The molecule has 0 heterocycles. The Morgan fingerprint density at radius 3 is 1.71 bits per heavy atom. The minimum absolute atomic E-state index is 0. The molecule has 0 bridgehead atoms. The Kier molecular flexibility index (Phi) is 12.8. The van der Waals surface area contributed by atoms with Gasteiger partial charge < -0.3 is 14.4 Å². The quantitative estimate of drug-likeness (QED) is 0.364. The Morgan fingerprint density at radius 2 is 1.14 bits per heavy atom. The van der Waals surface area contributed by atoms with Crippen molar-refractivity contribution in [1.29, 1.82) is 0 Å². The van der Waals surface area contributed by atoms with Crippen molar-refractivity contribution >= 4 is 41.9 Å². The predicted molar refractivity (Wildman–Crippen MR) is 80.5 cm³/mol. The van der Waals surface area contributed by atoms with Crippen LogP contribution in [0.25, 0.3) is 21.5 Å². The molecule has 0 amide bonds. The number of hydrogen-bond acceptors (Lipinski definition) is 3. The van der Waals surface area contributed by atoms with Gasteiger partial charge in [0.1, 0.15) is 0 Å². The van der Waals surface area contributed by atoms with Gasteiger partial charge in [0.25, 0.3) is 0 Å². The molecule has 0 saturated heterocycles. The van der Waals surface area contributed by atoms with Crippen molar-refractivity contribution in [1.82, 2.24) is 0 Å². The largest absolute Gasteiger partial charge is 4.00 e. The van der Waals surface area contributed by atoms with Gasteiger partial charge in [-0.25, -0.2) is 0 Å². The molecule has 0 aliphatic heterocycles. The molecule has 0 aliphatic rings. The summed E-state index contributed by atoms with van der Waals surface area (Å²) in [5, 5.41) is 5.01. The van der Waals surface area contributed by atoms with Crippen LogP contribution >= 0.6 is 0 Å². The third-order valence-corrected chi connectivity index (χ3v) is 2.53. The molecule has 0 aromatic heterocycles. The van der Waals surface area contributed by atoms with Gasteiger partial charge in [-0.2, -0.15) is 0 Å². The van der Waals surface area contributed by atoms with Gasteiger partial charge in [0.15, 0.2) is 0 Å². The van der Waals surface area contributed by atoms with Crippen LogP contribution in [-0.4, -0.2) is 20.4 Å². The summed E-state index contributed by atoms with van der Waals surface area (Å²) in [5.74, 6) is 0. The first kappa shape index (κ1) is 21.0. The fraction of sp³-hybridized carbons (Fsp3) is 0. The van der Waals surface area contributed by atoms with Crippen molar-refractivity contribution in [3.63, 3.8) is 0 Å². The fourth-order valence-corrected chi connectivity index (χ4v) is 1.81. The van der Waals surface area contributed by atoms with E-state index >= 15 is 0 Å². The Bertz CT molecular complexity index is 546. The standard InChI is InChI=1S/C14H9.3CHO.Cr/c1-2-6-12-10-14-8-4-3-7-13(14)9-11(12)5-1;3*1-2;/h1-7,9-10H;3*1H;/q4*-1;+4. The van der Waals surface area contributed by atoms with E-state index in [2.05, 4.69) is 68.9 Å². The van der Waals surface area contributed by atoms with Crippen LogP contribution in [0.3, 0.4) is 0 Å². The zero-order valence-electron chi connectivity index (χ0n) is 11.1. The van der Waals surface area contributed by atoms with E-state index in [-0.39, 0.29) is 17.4 Å². The van der Waals surface area contributed by atoms with E-state index in [9.17, 15) is 0 Å². The van der Waals surface area contributed by atoms with Gasteiger partial charge in [-0.15, -0.1) is 41.1 Å². The predicted octanol–water partition coefficient (Wildman–Crippen LogP) is 2.97. The van der Waals surface area contributed by atoms with Gasteiger partial charge in [-0.05, 0) is 5.39 Å². The summed E-state index contributed by atoms with van der Waals surface area (Å²) in [6.45, 7) is 9.75. The van der Waals surface area contributed by atoms with Crippen LogP contribution in [0.1, 0.15) is 0 Å². The molecule has 0 saturated carbocycles. The second-order valence-electron chi connectivity index (χ2n) is 3.46. The third-order valence-electron chi connectivity index (χ3n) is 2.53. The Labute approximate surface area is 134 Å². The van der Waals surface area contributed by atoms with Gasteiger partial charge in [-0.3, -0.25) is 20.4 Å². The van der Waals surface area contributed by atoms with Crippen LogP contribution in [-0.2, 0) is 31.7 Å². The molecule has 0 aliphatic carbocycles. The molecule has 3 rings (SSSR count). The molecule has 3 aromatic carbocycles. The summed E-state index contributed by atoms with van der Waals surface area (Å²) in [5.41, 5.74) is 0. The zero-order valence-corrected chi connectivity index (χ0v) is 12.3. The van der Waals surface area contributed by atoms with Crippen molar-refractivity contribution < 1.29 is 31.7 Å². The van der Waals surface area contributed by atoms with Crippen LogP contribution in [0.2, 0.25) is 0 Å². The van der Waals surface area contributed by atoms with Crippen molar-refractivity contribution in [2.75, 3.05) is 0 Å². The van der Waals surface area contributed by atoms with Crippen molar-refractivity contribution in [3.05, 3.63) is 60.7 Å². The summed E-state index contributed by atoms with van der Waals surface area (Å²) < 4.78 is 0. The van der Waals surface area contributed by atoms with E-state index in [4.69, 9.17) is 14.4 Å². The average Bonchev–Trinajstić information content (AvgIpc) is 2.58. The van der Waals surface area contributed by atoms with E-state index in [1.54, 1.807) is 0 Å². The zero-order chi connectivity index (χ0) is 15.4. The molecule has 0 spiro atoms. The summed E-state index contributed by atoms with van der Waals surface area (Å²) in [6, 6.07) is 22.2. The molecular weight excluding hydrogens is 304 g/mol. The molecule has 21 heavy (non-hydrogen) atoms. The maximum Gasteiger partial charge on any atom is 4.00 e. The van der Waals surface area contributed by atoms with Gasteiger partial charge in [-0.1, -0.05) is 35.7 Å². The minimum atomic E-state index is 0. The Morgan fingerprint density at radius 1 is 0.667 bits per heavy atom. The fourth-order valence-electron chi connectivity index (χ4n) is 1.81. The SMILES string of the molecule is [CH-]=O.[CH-]=O.[CH-]=O.[Cr+4].[c-]1cccc2cc3ccccc3cc12. The summed E-state index contributed by atoms with van der Waals surface area (Å²) >= 11 is 0. The molecule has 3 aromatic rings. The molecule has 0 unspecified atom stereocenters. The molecular formula is C17H12CrO3. The molecule has 0 radical (unpaired) electrons. The summed E-state index contributed by atoms with van der Waals surface area (Å²) in [6.07, 6.45) is 0. The van der Waals surface area contributed by atoms with E-state index in [1.807, 2.05) is 12.1 Å². The van der Waals surface area contributed by atoms with Crippen LogP contribution in [0.5, 0.6) is 0 Å². The number of carbonyl (C=O) groups excluding carboxylic acids is 3. The normalized spacial score (nSPS) is 7.81. The number of hydrogen-bond donors (Lipinski definition) is 0. The van der Waals surface area contributed by atoms with Gasteiger partial charge in [0.05, 0.1) is 0 Å². The van der Waals surface area contributed by atoms with Crippen LogP contribution in [0, 0.1) is 6.07 Å². The van der Waals surface area contributed by atoms with Crippen LogP contribution in [0.4, 0.5) is 0 Å².